The number of nitrogens with zero attached hydrogens (tertiary/aromatic N) is 3. The summed E-state index contributed by atoms with van der Waals surface area (Å²) < 4.78 is 5.38. The summed E-state index contributed by atoms with van der Waals surface area (Å²) in [5.74, 6) is 2.02. The van der Waals surface area contributed by atoms with Gasteiger partial charge in [-0.15, -0.1) is 0 Å². The molecule has 1 heterocycles. The Bertz CT molecular complexity index is 348. The Kier molecular flexibility index (Phi) is 5.13. The molecule has 5 heteroatoms. The molecule has 0 unspecified atom stereocenters. The monoisotopic (exact) mass is 253 g/mol. The zero-order valence-corrected chi connectivity index (χ0v) is 11.1. The van der Waals surface area contributed by atoms with Crippen molar-refractivity contribution in [2.45, 2.75) is 51.5 Å². The van der Waals surface area contributed by atoms with Crippen LogP contribution >= 0.6 is 0 Å². The topological polar surface area (TPSA) is 62.4 Å². The van der Waals surface area contributed by atoms with Crippen LogP contribution in [0.5, 0.6) is 0 Å². The Hall–Kier alpha value is -0.940. The van der Waals surface area contributed by atoms with E-state index in [1.165, 1.54) is 32.1 Å². The molecule has 1 aliphatic carbocycles. The number of hydrogen-bond acceptors (Lipinski definition) is 5. The van der Waals surface area contributed by atoms with E-state index < -0.39 is 0 Å². The van der Waals surface area contributed by atoms with E-state index in [9.17, 15) is 0 Å². The molecule has 18 heavy (non-hydrogen) atoms. The van der Waals surface area contributed by atoms with Gasteiger partial charge in [-0.25, -0.2) is 0 Å². The van der Waals surface area contributed by atoms with Crippen molar-refractivity contribution < 1.29 is 9.63 Å². The fourth-order valence-electron chi connectivity index (χ4n) is 2.54. The van der Waals surface area contributed by atoms with Gasteiger partial charge in [-0.2, -0.15) is 4.98 Å². The van der Waals surface area contributed by atoms with Crippen LogP contribution in [0.3, 0.4) is 0 Å². The number of aliphatic hydroxyl groups excluding tert-OH is 1. The highest BCUT2D eigenvalue weighted by atomic mass is 16.5. The van der Waals surface area contributed by atoms with Gasteiger partial charge < -0.3 is 9.63 Å². The predicted octanol–water partition coefficient (Wildman–Crippen LogP) is 1.93. The maximum Gasteiger partial charge on any atom is 0.229 e. The molecule has 0 amide bonds. The van der Waals surface area contributed by atoms with E-state index in [2.05, 4.69) is 22.0 Å². The SMILES string of the molecule is CCN(CCO)Cc1noc(C2CCCCC2)n1. The third kappa shape index (κ3) is 3.53. The number of aromatic nitrogens is 2. The highest BCUT2D eigenvalue weighted by Gasteiger charge is 2.21. The lowest BCUT2D eigenvalue weighted by Crippen LogP contribution is -2.26. The minimum atomic E-state index is 0.168. The normalized spacial score (nSPS) is 17.5. The Balaban J connectivity index is 1.92. The van der Waals surface area contributed by atoms with Crippen LogP contribution in [-0.2, 0) is 6.54 Å². The number of hydrogen-bond donors (Lipinski definition) is 1. The molecule has 0 spiro atoms. The standard InChI is InChI=1S/C13H23N3O2/c1-2-16(8-9-17)10-12-14-13(18-15-12)11-6-4-3-5-7-11/h11,17H,2-10H2,1H3. The van der Waals surface area contributed by atoms with Gasteiger partial charge in [0.25, 0.3) is 0 Å². The number of likely N-dealkylation sites (N-methyl/N-ethyl adjacent to an activating group) is 1. The molecule has 0 radical (unpaired) electrons. The van der Waals surface area contributed by atoms with Gasteiger partial charge in [0.1, 0.15) is 0 Å². The molecule has 1 aliphatic rings. The molecule has 1 fully saturated rings. The third-order valence-corrected chi connectivity index (χ3v) is 3.67. The van der Waals surface area contributed by atoms with Crippen molar-refractivity contribution in [3.63, 3.8) is 0 Å². The molecule has 1 N–H and O–H groups in total. The molecule has 1 saturated carbocycles. The highest BCUT2D eigenvalue weighted by Crippen LogP contribution is 2.31. The molecule has 102 valence electrons. The van der Waals surface area contributed by atoms with E-state index >= 15 is 0 Å². The first-order valence-corrected chi connectivity index (χ1v) is 6.99. The van der Waals surface area contributed by atoms with Gasteiger partial charge in [-0.3, -0.25) is 4.90 Å². The molecule has 1 aromatic rings. The zero-order valence-electron chi connectivity index (χ0n) is 11.1. The van der Waals surface area contributed by atoms with Crippen LogP contribution in [0.15, 0.2) is 4.52 Å². The predicted molar refractivity (Wildman–Crippen MR) is 68.2 cm³/mol. The Morgan fingerprint density at radius 2 is 2.11 bits per heavy atom. The molecule has 0 aliphatic heterocycles. The summed E-state index contributed by atoms with van der Waals surface area (Å²) in [7, 11) is 0. The molecule has 0 bridgehead atoms. The summed E-state index contributed by atoms with van der Waals surface area (Å²) in [5, 5.41) is 13.0. The van der Waals surface area contributed by atoms with Gasteiger partial charge in [-0.1, -0.05) is 31.3 Å². The maximum absolute atomic E-state index is 8.95. The molecule has 0 saturated heterocycles. The second-order valence-corrected chi connectivity index (χ2v) is 4.98. The van der Waals surface area contributed by atoms with Crippen molar-refractivity contribution in [1.29, 1.82) is 0 Å². The van der Waals surface area contributed by atoms with Gasteiger partial charge in [0.15, 0.2) is 5.82 Å². The lowest BCUT2D eigenvalue weighted by Gasteiger charge is -2.17. The van der Waals surface area contributed by atoms with E-state index in [-0.39, 0.29) is 6.61 Å². The fraction of sp³-hybridized carbons (Fsp3) is 0.846. The average Bonchev–Trinajstić information content (AvgIpc) is 2.88. The molecular weight excluding hydrogens is 230 g/mol. The summed E-state index contributed by atoms with van der Waals surface area (Å²) in [4.78, 5) is 6.61. The number of rotatable bonds is 6. The minimum Gasteiger partial charge on any atom is -0.395 e. The Morgan fingerprint density at radius 1 is 1.33 bits per heavy atom. The van der Waals surface area contributed by atoms with Crippen LogP contribution in [-0.4, -0.2) is 39.8 Å². The van der Waals surface area contributed by atoms with Crippen LogP contribution in [0.4, 0.5) is 0 Å². The van der Waals surface area contributed by atoms with Crippen molar-refractivity contribution in [2.24, 2.45) is 0 Å². The number of aliphatic hydroxyl groups is 1. The first kappa shape index (κ1) is 13.5. The van der Waals surface area contributed by atoms with E-state index in [4.69, 9.17) is 9.63 Å². The van der Waals surface area contributed by atoms with E-state index in [0.717, 1.165) is 18.3 Å². The summed E-state index contributed by atoms with van der Waals surface area (Å²) in [6, 6.07) is 0. The minimum absolute atomic E-state index is 0.168. The first-order valence-electron chi connectivity index (χ1n) is 6.99. The molecule has 0 aromatic carbocycles. The van der Waals surface area contributed by atoms with Gasteiger partial charge >= 0.3 is 0 Å². The lowest BCUT2D eigenvalue weighted by atomic mass is 9.89. The van der Waals surface area contributed by atoms with Crippen LogP contribution in [0, 0.1) is 0 Å². The van der Waals surface area contributed by atoms with Gasteiger partial charge in [-0.05, 0) is 19.4 Å². The highest BCUT2D eigenvalue weighted by molar-refractivity contribution is 4.95. The van der Waals surface area contributed by atoms with Crippen LogP contribution in [0.25, 0.3) is 0 Å². The van der Waals surface area contributed by atoms with E-state index in [1.807, 2.05) is 0 Å². The van der Waals surface area contributed by atoms with E-state index in [0.29, 0.717) is 19.0 Å². The lowest BCUT2D eigenvalue weighted by molar-refractivity contribution is 0.192. The molecule has 0 atom stereocenters. The second kappa shape index (κ2) is 6.85. The van der Waals surface area contributed by atoms with Crippen LogP contribution < -0.4 is 0 Å². The second-order valence-electron chi connectivity index (χ2n) is 4.98. The van der Waals surface area contributed by atoms with Crippen molar-refractivity contribution in [2.75, 3.05) is 19.7 Å². The van der Waals surface area contributed by atoms with Crippen LogP contribution in [0.2, 0.25) is 0 Å². The smallest absolute Gasteiger partial charge is 0.229 e. The van der Waals surface area contributed by atoms with Crippen molar-refractivity contribution >= 4 is 0 Å². The fourth-order valence-corrected chi connectivity index (χ4v) is 2.54. The van der Waals surface area contributed by atoms with Gasteiger partial charge in [0.2, 0.25) is 5.89 Å². The molecule has 2 rings (SSSR count). The molecular formula is C13H23N3O2. The average molecular weight is 253 g/mol. The third-order valence-electron chi connectivity index (χ3n) is 3.67. The molecule has 5 nitrogen and oxygen atoms in total. The maximum atomic E-state index is 8.95. The van der Waals surface area contributed by atoms with Crippen molar-refractivity contribution in [3.05, 3.63) is 11.7 Å². The summed E-state index contributed by atoms with van der Waals surface area (Å²) >= 11 is 0. The quantitative estimate of drug-likeness (QED) is 0.839. The van der Waals surface area contributed by atoms with Crippen LogP contribution in [0.1, 0.15) is 56.7 Å². The summed E-state index contributed by atoms with van der Waals surface area (Å²) in [5.41, 5.74) is 0. The van der Waals surface area contributed by atoms with Crippen molar-refractivity contribution in [1.82, 2.24) is 15.0 Å². The van der Waals surface area contributed by atoms with Gasteiger partial charge in [0, 0.05) is 12.5 Å². The molecule has 1 aromatic heterocycles. The summed E-state index contributed by atoms with van der Waals surface area (Å²) in [6.45, 7) is 4.43. The van der Waals surface area contributed by atoms with E-state index in [1.54, 1.807) is 0 Å². The zero-order chi connectivity index (χ0) is 12.8. The van der Waals surface area contributed by atoms with Crippen molar-refractivity contribution in [3.8, 4) is 0 Å². The largest absolute Gasteiger partial charge is 0.395 e. The summed E-state index contributed by atoms with van der Waals surface area (Å²) in [6.07, 6.45) is 6.23. The Morgan fingerprint density at radius 3 is 2.78 bits per heavy atom. The van der Waals surface area contributed by atoms with Gasteiger partial charge in [0.05, 0.1) is 13.2 Å². The Labute approximate surface area is 108 Å². The first-order chi connectivity index (χ1) is 8.83.